The first-order valence-electron chi connectivity index (χ1n) is 7.48. The number of aromatic nitrogens is 2. The van der Waals surface area contributed by atoms with Crippen molar-refractivity contribution in [3.05, 3.63) is 79.0 Å². The molecular weight excluding hydrogens is 282 g/mol. The number of pyridine rings is 2. The number of hydrogen-bond acceptors (Lipinski definition) is 3. The molecule has 2 aromatic carbocycles. The number of nitrogens with two attached hydrogens (primary N) is 1. The van der Waals surface area contributed by atoms with Crippen LogP contribution in [0.4, 0.5) is 5.69 Å². The summed E-state index contributed by atoms with van der Waals surface area (Å²) in [6, 6.07) is 24.5. The zero-order chi connectivity index (χ0) is 15.6. The number of rotatable bonds is 2. The zero-order valence-electron chi connectivity index (χ0n) is 12.5. The van der Waals surface area contributed by atoms with Gasteiger partial charge in [-0.15, -0.1) is 0 Å². The minimum Gasteiger partial charge on any atom is -0.397 e. The first-order valence-corrected chi connectivity index (χ1v) is 7.48. The van der Waals surface area contributed by atoms with Crippen molar-refractivity contribution in [2.45, 2.75) is 0 Å². The fourth-order valence-corrected chi connectivity index (χ4v) is 2.74. The van der Waals surface area contributed by atoms with E-state index in [9.17, 15) is 0 Å². The highest BCUT2D eigenvalue weighted by Crippen LogP contribution is 2.33. The molecule has 0 atom stereocenters. The van der Waals surface area contributed by atoms with Crippen molar-refractivity contribution < 1.29 is 0 Å². The first kappa shape index (κ1) is 13.5. The zero-order valence-corrected chi connectivity index (χ0v) is 12.5. The van der Waals surface area contributed by atoms with Crippen LogP contribution in [0.15, 0.2) is 79.0 Å². The van der Waals surface area contributed by atoms with Crippen LogP contribution in [0.1, 0.15) is 0 Å². The summed E-state index contributed by atoms with van der Waals surface area (Å²) in [4.78, 5) is 9.16. The van der Waals surface area contributed by atoms with Crippen LogP contribution in [-0.4, -0.2) is 9.97 Å². The van der Waals surface area contributed by atoms with Crippen molar-refractivity contribution in [3.63, 3.8) is 0 Å². The van der Waals surface area contributed by atoms with Crippen LogP contribution < -0.4 is 5.73 Å². The van der Waals surface area contributed by atoms with E-state index in [0.717, 1.165) is 27.8 Å². The summed E-state index contributed by atoms with van der Waals surface area (Å²) in [5, 5.41) is 0.948. The number of fused-ring (bicyclic) bond motifs is 1. The summed E-state index contributed by atoms with van der Waals surface area (Å²) >= 11 is 0. The Morgan fingerprint density at radius 1 is 0.739 bits per heavy atom. The van der Waals surface area contributed by atoms with Crippen LogP contribution in [-0.2, 0) is 0 Å². The van der Waals surface area contributed by atoms with E-state index in [-0.39, 0.29) is 0 Å². The van der Waals surface area contributed by atoms with Crippen molar-refractivity contribution in [3.8, 4) is 22.4 Å². The smallest absolute Gasteiger partial charge is 0.159 e. The van der Waals surface area contributed by atoms with Crippen LogP contribution in [0, 0.1) is 0 Å². The van der Waals surface area contributed by atoms with Crippen LogP contribution >= 0.6 is 0 Å². The van der Waals surface area contributed by atoms with E-state index in [0.29, 0.717) is 11.3 Å². The lowest BCUT2D eigenvalue weighted by atomic mass is 9.98. The first-order chi connectivity index (χ1) is 11.3. The molecule has 0 radical (unpaired) electrons. The lowest BCUT2D eigenvalue weighted by Gasteiger charge is -2.11. The van der Waals surface area contributed by atoms with E-state index in [1.807, 2.05) is 42.5 Å². The Morgan fingerprint density at radius 3 is 2.09 bits per heavy atom. The van der Waals surface area contributed by atoms with Crippen molar-refractivity contribution in [2.24, 2.45) is 0 Å². The lowest BCUT2D eigenvalue weighted by Crippen LogP contribution is -1.94. The topological polar surface area (TPSA) is 51.8 Å². The summed E-state index contributed by atoms with van der Waals surface area (Å²) in [6.45, 7) is 0. The van der Waals surface area contributed by atoms with Crippen molar-refractivity contribution >= 4 is 16.7 Å². The second kappa shape index (κ2) is 5.54. The maximum atomic E-state index is 5.87. The van der Waals surface area contributed by atoms with Gasteiger partial charge in [-0.2, -0.15) is 0 Å². The number of nitrogen functional groups attached to an aromatic ring is 1. The third kappa shape index (κ3) is 2.53. The van der Waals surface area contributed by atoms with Crippen LogP contribution in [0.25, 0.3) is 33.4 Å². The van der Waals surface area contributed by atoms with Gasteiger partial charge in [0.25, 0.3) is 0 Å². The van der Waals surface area contributed by atoms with E-state index in [2.05, 4.69) is 35.3 Å². The maximum absolute atomic E-state index is 5.87. The minimum absolute atomic E-state index is 0.644. The number of nitrogens with zero attached hydrogens (tertiary/aromatic N) is 2. The Balaban J connectivity index is 2.04. The van der Waals surface area contributed by atoms with Crippen molar-refractivity contribution in [2.75, 3.05) is 5.73 Å². The highest BCUT2D eigenvalue weighted by Gasteiger charge is 2.11. The molecule has 0 unspecified atom stereocenters. The van der Waals surface area contributed by atoms with Gasteiger partial charge in [0.2, 0.25) is 0 Å². The van der Waals surface area contributed by atoms with E-state index in [4.69, 9.17) is 10.7 Å². The monoisotopic (exact) mass is 297 g/mol. The molecule has 0 aliphatic rings. The molecule has 0 aliphatic carbocycles. The normalized spacial score (nSPS) is 10.8. The molecule has 0 saturated heterocycles. The van der Waals surface area contributed by atoms with E-state index in [1.165, 1.54) is 0 Å². The molecule has 0 fully saturated rings. The predicted molar refractivity (Wildman–Crippen MR) is 94.8 cm³/mol. The maximum Gasteiger partial charge on any atom is 0.159 e. The molecule has 4 aromatic rings. The van der Waals surface area contributed by atoms with E-state index < -0.39 is 0 Å². The number of hydrogen-bond donors (Lipinski definition) is 1. The molecule has 0 amide bonds. The SMILES string of the molecule is Nc1cnc2nc(-c3ccccc3)c(-c3ccccc3)cc2c1. The minimum atomic E-state index is 0.644. The van der Waals surface area contributed by atoms with Crippen molar-refractivity contribution in [1.29, 1.82) is 0 Å². The van der Waals surface area contributed by atoms with Crippen LogP contribution in [0.2, 0.25) is 0 Å². The Labute approximate surface area is 134 Å². The van der Waals surface area contributed by atoms with E-state index >= 15 is 0 Å². The molecule has 0 saturated carbocycles. The number of benzene rings is 2. The predicted octanol–water partition coefficient (Wildman–Crippen LogP) is 4.55. The van der Waals surface area contributed by atoms with E-state index in [1.54, 1.807) is 6.20 Å². The Morgan fingerprint density at radius 2 is 1.39 bits per heavy atom. The van der Waals surface area contributed by atoms with Gasteiger partial charge >= 0.3 is 0 Å². The van der Waals surface area contributed by atoms with Gasteiger partial charge in [-0.1, -0.05) is 60.7 Å². The molecule has 3 nitrogen and oxygen atoms in total. The van der Waals surface area contributed by atoms with Gasteiger partial charge in [0.15, 0.2) is 5.65 Å². The quantitative estimate of drug-likeness (QED) is 0.590. The van der Waals surface area contributed by atoms with Crippen LogP contribution in [0.5, 0.6) is 0 Å². The Hall–Kier alpha value is -3.20. The van der Waals surface area contributed by atoms with Crippen LogP contribution in [0.3, 0.4) is 0 Å². The molecule has 2 N–H and O–H groups in total. The molecule has 0 aliphatic heterocycles. The fourth-order valence-electron chi connectivity index (χ4n) is 2.74. The second-order valence-corrected chi connectivity index (χ2v) is 5.43. The molecule has 0 spiro atoms. The van der Waals surface area contributed by atoms with Crippen molar-refractivity contribution in [1.82, 2.24) is 9.97 Å². The summed E-state index contributed by atoms with van der Waals surface area (Å²) < 4.78 is 0. The average molecular weight is 297 g/mol. The largest absolute Gasteiger partial charge is 0.397 e. The fraction of sp³-hybridized carbons (Fsp3) is 0. The third-order valence-corrected chi connectivity index (χ3v) is 3.82. The summed E-state index contributed by atoms with van der Waals surface area (Å²) in [7, 11) is 0. The van der Waals surface area contributed by atoms with Gasteiger partial charge in [0.1, 0.15) is 0 Å². The number of anilines is 1. The standard InChI is InChI=1S/C20H15N3/c21-17-11-16-12-18(14-7-3-1-4-8-14)19(23-20(16)22-13-17)15-9-5-2-6-10-15/h1-13H,21H2. The Bertz CT molecular complexity index is 964. The molecule has 0 bridgehead atoms. The highest BCUT2D eigenvalue weighted by atomic mass is 14.9. The molecule has 2 aromatic heterocycles. The molecule has 23 heavy (non-hydrogen) atoms. The Kier molecular flexibility index (Phi) is 3.24. The summed E-state index contributed by atoms with van der Waals surface area (Å²) in [5.41, 5.74) is 11.4. The van der Waals surface area contributed by atoms with Gasteiger partial charge < -0.3 is 5.73 Å². The van der Waals surface area contributed by atoms with Gasteiger partial charge in [-0.25, -0.2) is 9.97 Å². The molecular formula is C20H15N3. The summed E-state index contributed by atoms with van der Waals surface area (Å²) in [6.07, 6.45) is 1.65. The molecule has 110 valence electrons. The lowest BCUT2D eigenvalue weighted by molar-refractivity contribution is 1.29. The van der Waals surface area contributed by atoms with Gasteiger partial charge in [-0.05, 0) is 17.7 Å². The molecule has 4 rings (SSSR count). The highest BCUT2D eigenvalue weighted by molar-refractivity contribution is 5.91. The van der Waals surface area contributed by atoms with Gasteiger partial charge in [0.05, 0.1) is 17.6 Å². The second-order valence-electron chi connectivity index (χ2n) is 5.43. The third-order valence-electron chi connectivity index (χ3n) is 3.82. The average Bonchev–Trinajstić information content (AvgIpc) is 2.62. The van der Waals surface area contributed by atoms with Gasteiger partial charge in [0, 0.05) is 16.5 Å². The van der Waals surface area contributed by atoms with Gasteiger partial charge in [-0.3, -0.25) is 0 Å². The molecule has 3 heteroatoms. The molecule has 2 heterocycles. The summed E-state index contributed by atoms with van der Waals surface area (Å²) in [5.74, 6) is 0.